The van der Waals surface area contributed by atoms with E-state index >= 15 is 0 Å². The number of fused-ring (bicyclic) bond motifs is 2. The molecule has 120 valence electrons. The van der Waals surface area contributed by atoms with Crippen LogP contribution in [0.15, 0.2) is 29.3 Å². The van der Waals surface area contributed by atoms with E-state index in [1.807, 2.05) is 0 Å². The van der Waals surface area contributed by atoms with E-state index < -0.39 is 29.4 Å². The second kappa shape index (κ2) is 5.19. The number of para-hydroxylation sites is 1. The molecule has 2 aliphatic heterocycles. The maximum absolute atomic E-state index is 13.0. The number of esters is 1. The number of benzene rings is 1. The third kappa shape index (κ3) is 1.96. The monoisotopic (exact) mass is 316 g/mol. The fourth-order valence-corrected chi connectivity index (χ4v) is 3.08. The summed E-state index contributed by atoms with van der Waals surface area (Å²) >= 11 is 0. The quantitative estimate of drug-likeness (QED) is 0.764. The Morgan fingerprint density at radius 2 is 2.09 bits per heavy atom. The van der Waals surface area contributed by atoms with Crippen molar-refractivity contribution in [1.82, 2.24) is 0 Å². The van der Waals surface area contributed by atoms with Gasteiger partial charge in [-0.15, -0.1) is 0 Å². The van der Waals surface area contributed by atoms with Gasteiger partial charge in [-0.25, -0.2) is 14.7 Å². The molecule has 0 saturated carbocycles. The average Bonchev–Trinajstić information content (AvgIpc) is 2.97. The Labute approximate surface area is 132 Å². The number of amides is 2. The second-order valence-corrected chi connectivity index (χ2v) is 5.32. The molecule has 0 fully saturated rings. The fraction of sp³-hybridized carbons (Fsp3) is 0.375. The summed E-state index contributed by atoms with van der Waals surface area (Å²) < 4.78 is 10.8. The third-order valence-corrected chi connectivity index (χ3v) is 3.90. The number of hydrogen-bond donors (Lipinski definition) is 0. The summed E-state index contributed by atoms with van der Waals surface area (Å²) in [4.78, 5) is 42.4. The van der Waals surface area contributed by atoms with Gasteiger partial charge in [-0.05, 0) is 13.0 Å². The highest BCUT2D eigenvalue weighted by Gasteiger charge is 2.64. The summed E-state index contributed by atoms with van der Waals surface area (Å²) in [6.07, 6.45) is 0. The number of hydrogen-bond acceptors (Lipinski definition) is 6. The minimum absolute atomic E-state index is 0.159. The summed E-state index contributed by atoms with van der Waals surface area (Å²) in [6, 6.07) is 5.57. The van der Waals surface area contributed by atoms with Crippen molar-refractivity contribution in [2.75, 3.05) is 11.5 Å². The summed E-state index contributed by atoms with van der Waals surface area (Å²) in [6.45, 7) is 4.68. The first-order chi connectivity index (χ1) is 10.9. The lowest BCUT2D eigenvalue weighted by Gasteiger charge is -2.26. The topological polar surface area (TPSA) is 85.3 Å². The van der Waals surface area contributed by atoms with E-state index in [4.69, 9.17) is 9.47 Å². The molecular formula is C16H16N2O5. The van der Waals surface area contributed by atoms with Crippen molar-refractivity contribution < 1.29 is 23.9 Å². The predicted molar refractivity (Wildman–Crippen MR) is 80.9 cm³/mol. The minimum atomic E-state index is -1.67. The third-order valence-electron chi connectivity index (χ3n) is 3.90. The molecule has 2 amide bonds. The number of aliphatic imine (C=N–C) groups is 1. The molecule has 0 radical (unpaired) electrons. The molecule has 0 aliphatic carbocycles. The molecule has 7 heteroatoms. The SMILES string of the molecule is CCOC(=O)[C@H]1N=C(C)O[C@]12C(=O)N(C(C)=O)c1ccccc12. The maximum atomic E-state index is 13.0. The van der Waals surface area contributed by atoms with Crippen LogP contribution in [0.5, 0.6) is 0 Å². The van der Waals surface area contributed by atoms with Crippen molar-refractivity contribution in [3.8, 4) is 0 Å². The van der Waals surface area contributed by atoms with E-state index in [0.717, 1.165) is 4.90 Å². The van der Waals surface area contributed by atoms with Gasteiger partial charge in [-0.2, -0.15) is 0 Å². The molecule has 2 atom stereocenters. The summed E-state index contributed by atoms with van der Waals surface area (Å²) in [7, 11) is 0. The first-order valence-electron chi connectivity index (χ1n) is 7.28. The van der Waals surface area contributed by atoms with Gasteiger partial charge in [0, 0.05) is 19.4 Å². The van der Waals surface area contributed by atoms with Crippen molar-refractivity contribution in [3.05, 3.63) is 29.8 Å². The number of carbonyl (C=O) groups is 3. The molecule has 1 aromatic rings. The number of carbonyl (C=O) groups excluding carboxylic acids is 3. The van der Waals surface area contributed by atoms with Gasteiger partial charge in [-0.1, -0.05) is 18.2 Å². The van der Waals surface area contributed by atoms with E-state index in [9.17, 15) is 14.4 Å². The van der Waals surface area contributed by atoms with Crippen molar-refractivity contribution >= 4 is 29.4 Å². The largest absolute Gasteiger partial charge is 0.464 e. The molecule has 0 aromatic heterocycles. The van der Waals surface area contributed by atoms with Crippen LogP contribution in [-0.2, 0) is 29.5 Å². The second-order valence-electron chi connectivity index (χ2n) is 5.32. The molecule has 0 unspecified atom stereocenters. The van der Waals surface area contributed by atoms with Gasteiger partial charge in [0.15, 0.2) is 5.90 Å². The number of imide groups is 1. The molecular weight excluding hydrogens is 300 g/mol. The highest BCUT2D eigenvalue weighted by Crippen LogP contribution is 2.48. The van der Waals surface area contributed by atoms with Crippen molar-refractivity contribution in [1.29, 1.82) is 0 Å². The molecule has 0 bridgehead atoms. The Morgan fingerprint density at radius 1 is 1.39 bits per heavy atom. The lowest BCUT2D eigenvalue weighted by Crippen LogP contribution is -2.51. The van der Waals surface area contributed by atoms with Gasteiger partial charge >= 0.3 is 5.97 Å². The number of nitrogens with zero attached hydrogens (tertiary/aromatic N) is 2. The lowest BCUT2D eigenvalue weighted by atomic mass is 9.88. The zero-order valence-electron chi connectivity index (χ0n) is 13.0. The molecule has 3 rings (SSSR count). The number of ether oxygens (including phenoxy) is 2. The van der Waals surface area contributed by atoms with Crippen LogP contribution in [0.4, 0.5) is 5.69 Å². The molecule has 7 nitrogen and oxygen atoms in total. The van der Waals surface area contributed by atoms with Crippen LogP contribution in [0, 0.1) is 0 Å². The Bertz CT molecular complexity index is 742. The molecule has 0 N–H and O–H groups in total. The normalized spacial score (nSPS) is 25.2. The zero-order chi connectivity index (χ0) is 16.8. The Hall–Kier alpha value is -2.70. The maximum Gasteiger partial charge on any atom is 0.336 e. The van der Waals surface area contributed by atoms with E-state index in [2.05, 4.69) is 4.99 Å². The zero-order valence-corrected chi connectivity index (χ0v) is 13.0. The van der Waals surface area contributed by atoms with Crippen molar-refractivity contribution in [2.45, 2.75) is 32.4 Å². The van der Waals surface area contributed by atoms with E-state index in [0.29, 0.717) is 11.3 Å². The van der Waals surface area contributed by atoms with Crippen LogP contribution < -0.4 is 4.90 Å². The lowest BCUT2D eigenvalue weighted by molar-refractivity contribution is -0.155. The van der Waals surface area contributed by atoms with Crippen LogP contribution in [0.25, 0.3) is 0 Å². The van der Waals surface area contributed by atoms with E-state index in [-0.39, 0.29) is 12.5 Å². The van der Waals surface area contributed by atoms with Gasteiger partial charge in [0.25, 0.3) is 5.91 Å². The average molecular weight is 316 g/mol. The van der Waals surface area contributed by atoms with Crippen molar-refractivity contribution in [2.24, 2.45) is 4.99 Å². The minimum Gasteiger partial charge on any atom is -0.464 e. The van der Waals surface area contributed by atoms with E-state index in [1.165, 1.54) is 6.92 Å². The van der Waals surface area contributed by atoms with Crippen molar-refractivity contribution in [3.63, 3.8) is 0 Å². The van der Waals surface area contributed by atoms with Crippen LogP contribution in [-0.4, -0.2) is 36.3 Å². The van der Waals surface area contributed by atoms with Crippen LogP contribution in [0.1, 0.15) is 26.3 Å². The summed E-state index contributed by atoms with van der Waals surface area (Å²) in [5, 5.41) is 0. The molecule has 23 heavy (non-hydrogen) atoms. The highest BCUT2D eigenvalue weighted by atomic mass is 16.6. The molecule has 2 heterocycles. The van der Waals surface area contributed by atoms with Gasteiger partial charge in [-0.3, -0.25) is 9.59 Å². The number of anilines is 1. The van der Waals surface area contributed by atoms with Gasteiger partial charge in [0.2, 0.25) is 17.6 Å². The summed E-state index contributed by atoms with van der Waals surface area (Å²) in [5.41, 5.74) is -0.818. The Kier molecular flexibility index (Phi) is 3.43. The van der Waals surface area contributed by atoms with Crippen LogP contribution in [0.3, 0.4) is 0 Å². The fourth-order valence-electron chi connectivity index (χ4n) is 3.08. The smallest absolute Gasteiger partial charge is 0.336 e. The predicted octanol–water partition coefficient (Wildman–Crippen LogP) is 1.16. The molecule has 1 spiro atoms. The van der Waals surface area contributed by atoms with Gasteiger partial charge < -0.3 is 9.47 Å². The Morgan fingerprint density at radius 3 is 2.74 bits per heavy atom. The first-order valence-corrected chi connectivity index (χ1v) is 7.28. The van der Waals surface area contributed by atoms with E-state index in [1.54, 1.807) is 38.1 Å². The molecule has 0 saturated heterocycles. The number of rotatable bonds is 2. The highest BCUT2D eigenvalue weighted by molar-refractivity contribution is 6.24. The Balaban J connectivity index is 2.19. The van der Waals surface area contributed by atoms with Crippen LogP contribution in [0.2, 0.25) is 0 Å². The first kappa shape index (κ1) is 15.2. The standard InChI is InChI=1S/C16H16N2O5/c1-4-22-14(20)13-16(23-9(2)17-13)11-7-5-6-8-12(11)18(10(3)19)15(16)21/h5-8,13H,4H2,1-3H3/t13-,16+/m1/s1. The van der Waals surface area contributed by atoms with Gasteiger partial charge in [0.05, 0.1) is 12.3 Å². The van der Waals surface area contributed by atoms with Gasteiger partial charge in [0.1, 0.15) is 0 Å². The van der Waals surface area contributed by atoms with Crippen LogP contribution >= 0.6 is 0 Å². The molecule has 1 aromatic carbocycles. The molecule has 2 aliphatic rings. The summed E-state index contributed by atoms with van der Waals surface area (Å²) in [5.74, 6) is -1.52.